The van der Waals surface area contributed by atoms with Gasteiger partial charge in [-0.15, -0.1) is 125 Å². The van der Waals surface area contributed by atoms with Gasteiger partial charge in [0, 0.05) is 54.2 Å². The maximum absolute atomic E-state index is 12.0. The summed E-state index contributed by atoms with van der Waals surface area (Å²) in [6, 6.07) is 36.3. The van der Waals surface area contributed by atoms with Crippen LogP contribution in [0.4, 0.5) is 0 Å². The maximum atomic E-state index is 12.0. The second kappa shape index (κ2) is 32.3. The number of esters is 1. The maximum Gasteiger partial charge on any atom is 0.341 e. The average Bonchev–Trinajstić information content (AvgIpc) is 3.92. The normalized spacial score (nSPS) is 13.9. The van der Waals surface area contributed by atoms with Gasteiger partial charge in [-0.2, -0.15) is 0 Å². The average molecular weight is 1490 g/mol. The first kappa shape index (κ1) is 68.4. The van der Waals surface area contributed by atoms with Gasteiger partial charge in [-0.25, -0.2) is 4.79 Å². The Morgan fingerprint density at radius 1 is 0.554 bits per heavy atom. The van der Waals surface area contributed by atoms with Crippen molar-refractivity contribution in [2.75, 3.05) is 7.11 Å². The standard InChI is InChI=1S/C21H15ClO2.C20H13ClO4.H15P13.H14P12/c1-21(2)15-9-7-12(22)11-18(15)24-20-16(21)10-8-14-13-5-3-4-6-17(13)23-19(14)20;1-23-20(22)15-10-9-12(21)11-18(15)24-17-8-4-6-14-13-5-2-3-7-16(13)25-19(14)17;1-8-12(9(2)3)13(10(4)5)11(6)7;1-8(2)11(7)12(9(3)4)10(5)6/h3-11H,1-2H3;2-11H,1H3;8H,1-7H2;1-7H2. The van der Waals surface area contributed by atoms with E-state index in [0.717, 1.165) is 68.9 Å². The van der Waals surface area contributed by atoms with Crippen molar-refractivity contribution < 1.29 is 27.8 Å². The summed E-state index contributed by atoms with van der Waals surface area (Å²) in [5, 5.41) is 5.25. The Bertz CT molecular complexity index is 3180. The molecule has 0 saturated heterocycles. The number of halogens is 2. The van der Waals surface area contributed by atoms with Crippen molar-refractivity contribution in [1.82, 2.24) is 0 Å². The number of fused-ring (bicyclic) bond motifs is 9. The molecule has 0 bridgehead atoms. The molecule has 0 radical (unpaired) electrons. The number of carbonyl (C=O) groups is 1. The SMILES string of the molecule is CC1(C)c2ccc(Cl)cc2Oc2c1ccc1c2oc2ccccc21.COC(=O)c1ccc(Cl)cc1Oc1cccc2c1oc1ccccc12.PP(P)P(P)P(P(P)P)P(P)P.PPP(P(P)P)P(P(P)P)P(P)P. The summed E-state index contributed by atoms with van der Waals surface area (Å²) in [5.41, 5.74) is 5.43. The number of rotatable bonds is 12. The number of ether oxygens (including phenoxy) is 3. The van der Waals surface area contributed by atoms with Gasteiger partial charge in [0.05, 0.1) is 7.11 Å². The van der Waals surface area contributed by atoms with Crippen LogP contribution in [0.15, 0.2) is 124 Å². The van der Waals surface area contributed by atoms with Crippen LogP contribution in [0.5, 0.6) is 23.0 Å². The third-order valence-corrected chi connectivity index (χ3v) is 151. The highest BCUT2D eigenvalue weighted by atomic mass is 35.5. The molecule has 33 heteroatoms. The number of furan rings is 2. The molecule has 1 aliphatic heterocycles. The molecule has 0 spiro atoms. The minimum Gasteiger partial charge on any atom is -0.465 e. The molecule has 6 aromatic carbocycles. The van der Waals surface area contributed by atoms with Crippen LogP contribution < -0.4 is 9.47 Å². The highest BCUT2D eigenvalue weighted by Gasteiger charge is 2.36. The molecule has 0 saturated carbocycles. The second-order valence-corrected chi connectivity index (χ2v) is 109. The van der Waals surface area contributed by atoms with E-state index in [2.05, 4.69) is 157 Å². The molecule has 3 heterocycles. The number of carbonyl (C=O) groups excluding carboxylic acids is 1. The summed E-state index contributed by atoms with van der Waals surface area (Å²) >= 11 is 12.2. The van der Waals surface area contributed by atoms with Crippen molar-refractivity contribution in [2.45, 2.75) is 19.3 Å². The quantitative estimate of drug-likeness (QED) is 0.0897. The van der Waals surface area contributed by atoms with E-state index in [1.54, 1.807) is 24.3 Å². The second-order valence-electron chi connectivity index (χ2n) is 15.8. The van der Waals surface area contributed by atoms with Gasteiger partial charge >= 0.3 is 5.97 Å². The lowest BCUT2D eigenvalue weighted by Gasteiger charge is -2.34. The van der Waals surface area contributed by atoms with Crippen LogP contribution in [0.3, 0.4) is 0 Å². The Balaban J connectivity index is 0.000000170. The molecule has 2 aromatic heterocycles. The Morgan fingerprint density at radius 3 is 1.58 bits per heavy atom. The molecule has 0 amide bonds. The van der Waals surface area contributed by atoms with Gasteiger partial charge in [-0.05, 0) is 118 Å². The monoisotopic (exact) mass is 1490 g/mol. The first-order valence-corrected chi connectivity index (χ1v) is 65.6. The smallest absolute Gasteiger partial charge is 0.341 e. The van der Waals surface area contributed by atoms with Gasteiger partial charge in [0.2, 0.25) is 0 Å². The Morgan fingerprint density at radius 2 is 1.07 bits per heavy atom. The third-order valence-electron chi connectivity index (χ3n) is 10.7. The number of benzene rings is 6. The molecule has 17 atom stereocenters. The van der Waals surface area contributed by atoms with Crippen molar-refractivity contribution in [3.63, 3.8) is 0 Å². The van der Waals surface area contributed by atoms with Crippen molar-refractivity contribution in [2.24, 2.45) is 0 Å². The summed E-state index contributed by atoms with van der Waals surface area (Å²) in [7, 11) is 44.6. The molecule has 74 heavy (non-hydrogen) atoms. The van der Waals surface area contributed by atoms with Crippen molar-refractivity contribution in [3.8, 4) is 23.0 Å². The van der Waals surface area contributed by atoms with Crippen LogP contribution in [0.25, 0.3) is 43.9 Å². The van der Waals surface area contributed by atoms with E-state index in [1.165, 1.54) is 7.11 Å². The molecule has 6 nitrogen and oxygen atoms in total. The Kier molecular flexibility index (Phi) is 29.9. The lowest BCUT2D eigenvalue weighted by Crippen LogP contribution is -2.24. The van der Waals surface area contributed by atoms with Gasteiger partial charge in [0.25, 0.3) is 0 Å². The molecule has 396 valence electrons. The number of methoxy groups -OCH3 is 1. The summed E-state index contributed by atoms with van der Waals surface area (Å²) in [4.78, 5) is 12.0. The van der Waals surface area contributed by atoms with E-state index in [0.29, 0.717) is 32.7 Å². The topological polar surface area (TPSA) is 71.0 Å². The summed E-state index contributed by atoms with van der Waals surface area (Å²) < 4.78 is 29.1. The van der Waals surface area contributed by atoms with Crippen LogP contribution in [0.1, 0.15) is 35.3 Å². The minimum absolute atomic E-state index is 0.103. The molecule has 1 aliphatic rings. The van der Waals surface area contributed by atoms with Crippen LogP contribution in [-0.2, 0) is 10.2 Å². The van der Waals surface area contributed by atoms with E-state index in [9.17, 15) is 4.79 Å². The zero-order chi connectivity index (χ0) is 54.3. The lowest BCUT2D eigenvalue weighted by atomic mass is 9.75. The highest BCUT2D eigenvalue weighted by Crippen LogP contribution is 3.18. The molecule has 17 unspecified atom stereocenters. The van der Waals surface area contributed by atoms with E-state index < -0.39 is 5.97 Å². The molecule has 0 N–H and O–H groups in total. The fraction of sp³-hybridized carbons (Fsp3) is 0.0976. The molecule has 0 aliphatic carbocycles. The molecular formula is C41H57Cl2O6P25. The van der Waals surface area contributed by atoms with Gasteiger partial charge in [-0.3, -0.25) is 0 Å². The predicted molar refractivity (Wildman–Crippen MR) is 407 cm³/mol. The van der Waals surface area contributed by atoms with Gasteiger partial charge < -0.3 is 23.0 Å². The van der Waals surface area contributed by atoms with Crippen LogP contribution in [-0.4, -0.2) is 13.1 Å². The molecule has 0 fully saturated rings. The zero-order valence-corrected chi connectivity index (χ0v) is 67.4. The summed E-state index contributed by atoms with van der Waals surface area (Å²) in [6.45, 7) is 5.97. The van der Waals surface area contributed by atoms with E-state index in [-0.39, 0.29) is 75.3 Å². The highest BCUT2D eigenvalue weighted by molar-refractivity contribution is 9.24. The first-order chi connectivity index (χ1) is 35.0. The summed E-state index contributed by atoms with van der Waals surface area (Å²) in [5.74, 6) is 1.91. The lowest BCUT2D eigenvalue weighted by molar-refractivity contribution is 0.0598. The van der Waals surface area contributed by atoms with Gasteiger partial charge in [0.1, 0.15) is 28.2 Å². The minimum atomic E-state index is -0.497. The fourth-order valence-electron chi connectivity index (χ4n) is 7.44. The van der Waals surface area contributed by atoms with Crippen molar-refractivity contribution in [3.05, 3.63) is 142 Å². The number of para-hydroxylation sites is 3. The van der Waals surface area contributed by atoms with E-state index >= 15 is 0 Å². The van der Waals surface area contributed by atoms with Crippen molar-refractivity contribution >= 4 is 276 Å². The molecule has 8 aromatic rings. The fourth-order valence-corrected chi connectivity index (χ4v) is 237. The first-order valence-electron chi connectivity index (χ1n) is 21.1. The van der Waals surface area contributed by atoms with Crippen LogP contribution in [0, 0.1) is 0 Å². The van der Waals surface area contributed by atoms with E-state index in [1.807, 2.05) is 72.8 Å². The molecule has 9 rings (SSSR count). The van der Waals surface area contributed by atoms with E-state index in [4.69, 9.17) is 46.2 Å². The largest absolute Gasteiger partial charge is 0.465 e. The van der Waals surface area contributed by atoms with Gasteiger partial charge in [-0.1, -0.05) is 106 Å². The predicted octanol–water partition coefficient (Wildman–Crippen LogP) is 26.3. The Hall–Kier alpha value is 5.32. The van der Waals surface area contributed by atoms with Crippen LogP contribution in [0.2, 0.25) is 10.0 Å². The Labute approximate surface area is 490 Å². The molecular weight excluding hydrogens is 1430 g/mol. The number of hydrogen-bond acceptors (Lipinski definition) is 6. The van der Waals surface area contributed by atoms with Crippen LogP contribution >= 0.6 is 226 Å². The van der Waals surface area contributed by atoms with Gasteiger partial charge in [0.15, 0.2) is 22.7 Å². The van der Waals surface area contributed by atoms with Crippen molar-refractivity contribution in [1.29, 1.82) is 0 Å². The summed E-state index contributed by atoms with van der Waals surface area (Å²) in [6.07, 6.45) is 0. The zero-order valence-electron chi connectivity index (χ0n) is 39.7. The number of hydrogen-bond donors (Lipinski definition) is 0. The third kappa shape index (κ3) is 17.5.